The molecule has 1 atom stereocenters. The van der Waals surface area contributed by atoms with Gasteiger partial charge in [0.1, 0.15) is 0 Å². The number of ether oxygens (including phenoxy) is 1. The highest BCUT2D eigenvalue weighted by molar-refractivity contribution is 9.10. The van der Waals surface area contributed by atoms with Crippen LogP contribution in [0.3, 0.4) is 0 Å². The third-order valence-corrected chi connectivity index (χ3v) is 4.08. The molecule has 0 spiro atoms. The van der Waals surface area contributed by atoms with Crippen LogP contribution in [0.25, 0.3) is 0 Å². The minimum absolute atomic E-state index is 0.387. The second-order valence-corrected chi connectivity index (χ2v) is 5.51. The van der Waals surface area contributed by atoms with Crippen molar-refractivity contribution in [2.75, 3.05) is 6.61 Å². The van der Waals surface area contributed by atoms with Gasteiger partial charge >= 0.3 is 0 Å². The third-order valence-electron chi connectivity index (χ3n) is 3.35. The van der Waals surface area contributed by atoms with E-state index < -0.39 is 0 Å². The van der Waals surface area contributed by atoms with Gasteiger partial charge in [-0.05, 0) is 38.3 Å². The zero-order valence-electron chi connectivity index (χ0n) is 10.4. The van der Waals surface area contributed by atoms with Crippen LogP contribution in [0, 0.1) is 0 Å². The van der Waals surface area contributed by atoms with Gasteiger partial charge in [-0.2, -0.15) is 0 Å². The maximum atomic E-state index is 5.57. The Balaban J connectivity index is 1.83. The zero-order valence-corrected chi connectivity index (χ0v) is 12.0. The molecule has 1 aliphatic rings. The van der Waals surface area contributed by atoms with Crippen molar-refractivity contribution in [1.29, 1.82) is 0 Å². The first-order valence-corrected chi connectivity index (χ1v) is 7.12. The van der Waals surface area contributed by atoms with E-state index in [9.17, 15) is 0 Å². The first-order valence-electron chi connectivity index (χ1n) is 6.32. The van der Waals surface area contributed by atoms with Crippen molar-refractivity contribution in [1.82, 2.24) is 5.32 Å². The van der Waals surface area contributed by atoms with Crippen molar-refractivity contribution in [3.05, 3.63) is 34.3 Å². The molecule has 0 radical (unpaired) electrons. The summed E-state index contributed by atoms with van der Waals surface area (Å²) in [7, 11) is 0. The quantitative estimate of drug-likeness (QED) is 0.895. The summed E-state index contributed by atoms with van der Waals surface area (Å²) in [5, 5.41) is 3.65. The van der Waals surface area contributed by atoms with Crippen LogP contribution in [0.2, 0.25) is 0 Å². The van der Waals surface area contributed by atoms with Crippen LogP contribution in [-0.4, -0.2) is 18.8 Å². The van der Waals surface area contributed by atoms with Gasteiger partial charge in [-0.1, -0.05) is 34.1 Å². The van der Waals surface area contributed by atoms with Crippen molar-refractivity contribution in [3.8, 4) is 0 Å². The van der Waals surface area contributed by atoms with E-state index in [0.29, 0.717) is 18.2 Å². The number of nitrogens with one attached hydrogen (secondary N) is 1. The molecule has 94 valence electrons. The smallest absolute Gasteiger partial charge is 0.0604 e. The van der Waals surface area contributed by atoms with Crippen LogP contribution in [0.4, 0.5) is 0 Å². The lowest BCUT2D eigenvalue weighted by Gasteiger charge is -2.37. The van der Waals surface area contributed by atoms with Crippen molar-refractivity contribution in [3.63, 3.8) is 0 Å². The predicted octanol–water partition coefficient (Wildman–Crippen LogP) is 3.67. The van der Waals surface area contributed by atoms with Gasteiger partial charge < -0.3 is 10.1 Å². The normalized spacial score (nSPS) is 25.4. The van der Waals surface area contributed by atoms with E-state index >= 15 is 0 Å². The Morgan fingerprint density at radius 2 is 2.12 bits per heavy atom. The molecule has 0 bridgehead atoms. The summed E-state index contributed by atoms with van der Waals surface area (Å²) >= 11 is 3.60. The van der Waals surface area contributed by atoms with E-state index in [1.54, 1.807) is 0 Å². The minimum atomic E-state index is 0.387. The summed E-state index contributed by atoms with van der Waals surface area (Å²) in [6, 6.07) is 9.39. The fraction of sp³-hybridized carbons (Fsp3) is 0.571. The summed E-state index contributed by atoms with van der Waals surface area (Å²) in [4.78, 5) is 0. The number of hydrogen-bond acceptors (Lipinski definition) is 2. The molecule has 0 heterocycles. The first-order chi connectivity index (χ1) is 8.20. The van der Waals surface area contributed by atoms with Crippen LogP contribution in [0.15, 0.2) is 28.7 Å². The highest BCUT2D eigenvalue weighted by Crippen LogP contribution is 2.28. The highest BCUT2D eigenvalue weighted by Gasteiger charge is 2.30. The van der Waals surface area contributed by atoms with Gasteiger partial charge in [0.2, 0.25) is 0 Å². The molecule has 1 aromatic rings. The van der Waals surface area contributed by atoms with Crippen molar-refractivity contribution in [2.24, 2.45) is 0 Å². The Labute approximate surface area is 112 Å². The standard InChI is InChI=1S/C14H20BrNO/c1-3-17-12-8-11(9-12)16-10(2)13-6-4-5-7-14(13)15/h4-7,10-12,16H,3,8-9H2,1-2H3. The molecule has 1 unspecified atom stereocenters. The molecule has 3 heteroatoms. The first kappa shape index (κ1) is 13.1. The van der Waals surface area contributed by atoms with Gasteiger partial charge in [0.15, 0.2) is 0 Å². The molecule has 1 aliphatic carbocycles. The number of rotatable bonds is 5. The molecule has 0 aliphatic heterocycles. The monoisotopic (exact) mass is 297 g/mol. The average molecular weight is 298 g/mol. The Bertz CT molecular complexity index is 363. The van der Waals surface area contributed by atoms with Crippen molar-refractivity contribution in [2.45, 2.75) is 44.9 Å². The maximum absolute atomic E-state index is 5.57. The number of hydrogen-bond donors (Lipinski definition) is 1. The molecule has 2 rings (SSSR count). The lowest BCUT2D eigenvalue weighted by Crippen LogP contribution is -2.46. The van der Waals surface area contributed by atoms with Gasteiger partial charge in [-0.3, -0.25) is 0 Å². The Hall–Kier alpha value is -0.380. The topological polar surface area (TPSA) is 21.3 Å². The fourth-order valence-corrected chi connectivity index (χ4v) is 2.97. The Morgan fingerprint density at radius 3 is 2.76 bits per heavy atom. The van der Waals surface area contributed by atoms with Crippen molar-refractivity contribution >= 4 is 15.9 Å². The third kappa shape index (κ3) is 3.30. The SMILES string of the molecule is CCOC1CC(NC(C)c2ccccc2Br)C1. The zero-order chi connectivity index (χ0) is 12.3. The van der Waals surface area contributed by atoms with E-state index in [2.05, 4.69) is 59.4 Å². The molecular weight excluding hydrogens is 278 g/mol. The molecular formula is C14H20BrNO. The second kappa shape index (κ2) is 5.98. The summed E-state index contributed by atoms with van der Waals surface area (Å²) < 4.78 is 6.75. The van der Waals surface area contributed by atoms with Gasteiger partial charge in [0, 0.05) is 23.2 Å². The highest BCUT2D eigenvalue weighted by atomic mass is 79.9. The fourth-order valence-electron chi connectivity index (χ4n) is 2.34. The Kier molecular flexibility index (Phi) is 4.60. The molecule has 0 saturated heterocycles. The van der Waals surface area contributed by atoms with Crippen LogP contribution in [0.5, 0.6) is 0 Å². The predicted molar refractivity (Wildman–Crippen MR) is 74.1 cm³/mol. The second-order valence-electron chi connectivity index (χ2n) is 4.66. The summed E-state index contributed by atoms with van der Waals surface area (Å²) in [5.74, 6) is 0. The van der Waals surface area contributed by atoms with Gasteiger partial charge in [0.05, 0.1) is 6.10 Å². The summed E-state index contributed by atoms with van der Waals surface area (Å²) in [6.45, 7) is 5.11. The average Bonchev–Trinajstić information content (AvgIpc) is 2.26. The van der Waals surface area contributed by atoms with Crippen LogP contribution < -0.4 is 5.32 Å². The van der Waals surface area contributed by atoms with Crippen molar-refractivity contribution < 1.29 is 4.74 Å². The lowest BCUT2D eigenvalue weighted by molar-refractivity contribution is -0.0120. The van der Waals surface area contributed by atoms with E-state index in [1.165, 1.54) is 10.0 Å². The van der Waals surface area contributed by atoms with E-state index in [4.69, 9.17) is 4.74 Å². The molecule has 1 aromatic carbocycles. The minimum Gasteiger partial charge on any atom is -0.378 e. The number of halogens is 1. The van der Waals surface area contributed by atoms with Crippen LogP contribution >= 0.6 is 15.9 Å². The largest absolute Gasteiger partial charge is 0.378 e. The van der Waals surface area contributed by atoms with Crippen LogP contribution in [-0.2, 0) is 4.74 Å². The van der Waals surface area contributed by atoms with E-state index in [0.717, 1.165) is 19.4 Å². The molecule has 17 heavy (non-hydrogen) atoms. The van der Waals surface area contributed by atoms with Crippen LogP contribution in [0.1, 0.15) is 38.3 Å². The van der Waals surface area contributed by atoms with E-state index in [-0.39, 0.29) is 0 Å². The van der Waals surface area contributed by atoms with Gasteiger partial charge in [-0.15, -0.1) is 0 Å². The molecule has 1 saturated carbocycles. The molecule has 1 fully saturated rings. The van der Waals surface area contributed by atoms with E-state index in [1.807, 2.05) is 0 Å². The molecule has 1 N–H and O–H groups in total. The van der Waals surface area contributed by atoms with Gasteiger partial charge in [-0.25, -0.2) is 0 Å². The maximum Gasteiger partial charge on any atom is 0.0604 e. The number of benzene rings is 1. The molecule has 2 nitrogen and oxygen atoms in total. The lowest BCUT2D eigenvalue weighted by atomic mass is 9.88. The molecule has 0 amide bonds. The summed E-state index contributed by atoms with van der Waals surface area (Å²) in [5.41, 5.74) is 1.33. The summed E-state index contributed by atoms with van der Waals surface area (Å²) in [6.07, 6.45) is 2.76. The van der Waals surface area contributed by atoms with Gasteiger partial charge in [0.25, 0.3) is 0 Å². The molecule has 0 aromatic heterocycles. The Morgan fingerprint density at radius 1 is 1.41 bits per heavy atom.